The summed E-state index contributed by atoms with van der Waals surface area (Å²) in [5.41, 5.74) is 6.16. The first kappa shape index (κ1) is 16.3. The van der Waals surface area contributed by atoms with Crippen LogP contribution in [0, 0.1) is 0 Å². The van der Waals surface area contributed by atoms with E-state index in [1.54, 1.807) is 0 Å². The van der Waals surface area contributed by atoms with Crippen molar-refractivity contribution in [3.63, 3.8) is 0 Å². The lowest BCUT2D eigenvalue weighted by atomic mass is 9.73. The normalized spacial score (nSPS) is 19.0. The third kappa shape index (κ3) is 3.96. The van der Waals surface area contributed by atoms with Gasteiger partial charge in [0.2, 0.25) is 5.91 Å². The predicted molar refractivity (Wildman–Crippen MR) is 84.5 cm³/mol. The molecule has 1 fully saturated rings. The minimum atomic E-state index is -0.541. The van der Waals surface area contributed by atoms with Crippen molar-refractivity contribution in [1.29, 1.82) is 0 Å². The van der Waals surface area contributed by atoms with Crippen molar-refractivity contribution in [1.82, 2.24) is 5.32 Å². The number of amides is 1. The molecule has 2 rings (SSSR count). The Bertz CT molecular complexity index is 485. The van der Waals surface area contributed by atoms with Crippen LogP contribution in [0.25, 0.3) is 0 Å². The van der Waals surface area contributed by atoms with Gasteiger partial charge in [0, 0.05) is 30.8 Å². The average molecular weight is 311 g/mol. The molecule has 21 heavy (non-hydrogen) atoms. The second kappa shape index (κ2) is 7.25. The Hall–Kier alpha value is -1.10. The number of carbonyl (C=O) groups excluding carboxylic acids is 1. The molecule has 4 nitrogen and oxygen atoms in total. The number of hydrogen-bond donors (Lipinski definition) is 2. The summed E-state index contributed by atoms with van der Waals surface area (Å²) in [4.78, 5) is 12.8. The Balaban J connectivity index is 2.18. The molecule has 1 heterocycles. The quantitative estimate of drug-likeness (QED) is 0.876. The van der Waals surface area contributed by atoms with E-state index in [1.165, 1.54) is 0 Å². The van der Waals surface area contributed by atoms with Gasteiger partial charge >= 0.3 is 0 Å². The second-order valence-corrected chi connectivity index (χ2v) is 6.16. The van der Waals surface area contributed by atoms with Crippen molar-refractivity contribution < 1.29 is 9.53 Å². The zero-order valence-corrected chi connectivity index (χ0v) is 13.2. The molecule has 5 heteroatoms. The van der Waals surface area contributed by atoms with E-state index in [0.29, 0.717) is 37.6 Å². The smallest absolute Gasteiger partial charge is 0.230 e. The number of halogens is 1. The average Bonchev–Trinajstić information content (AvgIpc) is 2.47. The number of rotatable bonds is 5. The lowest BCUT2D eigenvalue weighted by Crippen LogP contribution is -2.48. The highest BCUT2D eigenvalue weighted by Crippen LogP contribution is 2.36. The number of benzene rings is 1. The van der Waals surface area contributed by atoms with E-state index in [9.17, 15) is 4.79 Å². The van der Waals surface area contributed by atoms with Crippen LogP contribution >= 0.6 is 11.6 Å². The summed E-state index contributed by atoms with van der Waals surface area (Å²) in [7, 11) is 0. The van der Waals surface area contributed by atoms with Gasteiger partial charge in [-0.2, -0.15) is 0 Å². The minimum Gasteiger partial charge on any atom is -0.381 e. The largest absolute Gasteiger partial charge is 0.381 e. The van der Waals surface area contributed by atoms with Crippen LogP contribution in [0.4, 0.5) is 0 Å². The topological polar surface area (TPSA) is 64.3 Å². The van der Waals surface area contributed by atoms with Gasteiger partial charge in [-0.25, -0.2) is 0 Å². The predicted octanol–water partition coefficient (Wildman–Crippen LogP) is 2.24. The van der Waals surface area contributed by atoms with Crippen molar-refractivity contribution in [2.75, 3.05) is 19.8 Å². The standard InChI is InChI=1S/C16H23ClN2O2/c1-12(18)5-8-19-15(20)16(6-9-21-10-7-16)13-3-2-4-14(17)11-13/h2-4,11-12H,5-10,18H2,1H3,(H,19,20). The van der Waals surface area contributed by atoms with Crippen LogP contribution in [0.3, 0.4) is 0 Å². The highest BCUT2D eigenvalue weighted by atomic mass is 35.5. The molecule has 1 unspecified atom stereocenters. The molecule has 0 bridgehead atoms. The van der Waals surface area contributed by atoms with Gasteiger partial charge < -0.3 is 15.8 Å². The fourth-order valence-corrected chi connectivity index (χ4v) is 2.93. The highest BCUT2D eigenvalue weighted by molar-refractivity contribution is 6.30. The Labute approximate surface area is 131 Å². The lowest BCUT2D eigenvalue weighted by molar-refractivity contribution is -0.130. The summed E-state index contributed by atoms with van der Waals surface area (Å²) in [5, 5.41) is 3.68. The molecule has 3 N–H and O–H groups in total. The maximum Gasteiger partial charge on any atom is 0.230 e. The lowest BCUT2D eigenvalue weighted by Gasteiger charge is -2.36. The molecule has 1 amide bonds. The van der Waals surface area contributed by atoms with E-state index >= 15 is 0 Å². The van der Waals surface area contributed by atoms with Gasteiger partial charge in [0.1, 0.15) is 0 Å². The first-order valence-corrected chi connectivity index (χ1v) is 7.80. The van der Waals surface area contributed by atoms with Crippen molar-refractivity contribution >= 4 is 17.5 Å². The number of nitrogens with one attached hydrogen (secondary N) is 1. The first-order valence-electron chi connectivity index (χ1n) is 7.42. The summed E-state index contributed by atoms with van der Waals surface area (Å²) in [6.07, 6.45) is 2.13. The van der Waals surface area contributed by atoms with Crippen LogP contribution in [0.2, 0.25) is 5.02 Å². The van der Waals surface area contributed by atoms with Crippen molar-refractivity contribution in [3.05, 3.63) is 34.9 Å². The third-order valence-electron chi connectivity index (χ3n) is 4.04. The molecule has 1 saturated heterocycles. The van der Waals surface area contributed by atoms with Crippen LogP contribution in [0.15, 0.2) is 24.3 Å². The van der Waals surface area contributed by atoms with Gasteiger partial charge in [-0.1, -0.05) is 23.7 Å². The number of ether oxygens (including phenoxy) is 1. The highest BCUT2D eigenvalue weighted by Gasteiger charge is 2.41. The van der Waals surface area contributed by atoms with Gasteiger partial charge in [-0.05, 0) is 43.9 Å². The van der Waals surface area contributed by atoms with E-state index in [0.717, 1.165) is 12.0 Å². The zero-order valence-electron chi connectivity index (χ0n) is 12.4. The molecule has 0 aliphatic carbocycles. The second-order valence-electron chi connectivity index (χ2n) is 5.73. The minimum absolute atomic E-state index is 0.0497. The number of carbonyl (C=O) groups is 1. The molecule has 116 valence electrons. The summed E-state index contributed by atoms with van der Waals surface area (Å²) >= 11 is 6.10. The molecule has 1 aromatic carbocycles. The SMILES string of the molecule is CC(N)CCNC(=O)C1(c2cccc(Cl)c2)CCOCC1. The molecule has 0 saturated carbocycles. The van der Waals surface area contributed by atoms with Gasteiger partial charge in [-0.15, -0.1) is 0 Å². The van der Waals surface area contributed by atoms with Crippen LogP contribution in [-0.4, -0.2) is 31.7 Å². The summed E-state index contributed by atoms with van der Waals surface area (Å²) in [6.45, 7) is 3.72. The van der Waals surface area contributed by atoms with Crippen LogP contribution in [-0.2, 0) is 14.9 Å². The summed E-state index contributed by atoms with van der Waals surface area (Å²) in [5.74, 6) is 0.0497. The fourth-order valence-electron chi connectivity index (χ4n) is 2.74. The molecular weight excluding hydrogens is 288 g/mol. The monoisotopic (exact) mass is 310 g/mol. The Kier molecular flexibility index (Phi) is 5.62. The zero-order chi connectivity index (χ0) is 15.3. The molecular formula is C16H23ClN2O2. The maximum atomic E-state index is 12.8. The van der Waals surface area contributed by atoms with Crippen molar-refractivity contribution in [2.45, 2.75) is 37.6 Å². The van der Waals surface area contributed by atoms with Crippen LogP contribution in [0.1, 0.15) is 31.7 Å². The van der Waals surface area contributed by atoms with Crippen LogP contribution in [0.5, 0.6) is 0 Å². The van der Waals surface area contributed by atoms with E-state index in [1.807, 2.05) is 31.2 Å². The number of nitrogens with two attached hydrogens (primary N) is 1. The molecule has 0 radical (unpaired) electrons. The van der Waals surface area contributed by atoms with Gasteiger partial charge in [0.25, 0.3) is 0 Å². The molecule has 1 aliphatic rings. The molecule has 1 atom stereocenters. The Morgan fingerprint density at radius 3 is 2.81 bits per heavy atom. The van der Waals surface area contributed by atoms with E-state index < -0.39 is 5.41 Å². The Morgan fingerprint density at radius 2 is 2.19 bits per heavy atom. The maximum absolute atomic E-state index is 12.8. The molecule has 1 aliphatic heterocycles. The van der Waals surface area contributed by atoms with Crippen molar-refractivity contribution in [3.8, 4) is 0 Å². The molecule has 0 spiro atoms. The van der Waals surface area contributed by atoms with E-state index in [-0.39, 0.29) is 11.9 Å². The van der Waals surface area contributed by atoms with Crippen molar-refractivity contribution in [2.24, 2.45) is 5.73 Å². The van der Waals surface area contributed by atoms with Gasteiger partial charge in [-0.3, -0.25) is 4.79 Å². The first-order chi connectivity index (χ1) is 10.0. The fraction of sp³-hybridized carbons (Fsp3) is 0.562. The number of hydrogen-bond acceptors (Lipinski definition) is 3. The van der Waals surface area contributed by atoms with Crippen LogP contribution < -0.4 is 11.1 Å². The Morgan fingerprint density at radius 1 is 1.48 bits per heavy atom. The van der Waals surface area contributed by atoms with Gasteiger partial charge in [0.15, 0.2) is 0 Å². The molecule has 1 aromatic rings. The van der Waals surface area contributed by atoms with Gasteiger partial charge in [0.05, 0.1) is 5.41 Å². The summed E-state index contributed by atoms with van der Waals surface area (Å²) < 4.78 is 5.44. The third-order valence-corrected chi connectivity index (χ3v) is 4.28. The summed E-state index contributed by atoms with van der Waals surface area (Å²) in [6, 6.07) is 7.67. The molecule has 0 aromatic heterocycles. The van der Waals surface area contributed by atoms with E-state index in [2.05, 4.69) is 5.32 Å². The van der Waals surface area contributed by atoms with E-state index in [4.69, 9.17) is 22.1 Å².